The molecule has 0 aliphatic heterocycles. The summed E-state index contributed by atoms with van der Waals surface area (Å²) in [6.45, 7) is 4.01. The Bertz CT molecular complexity index is 617. The molecule has 140 valence electrons. The summed E-state index contributed by atoms with van der Waals surface area (Å²) in [6.07, 6.45) is 5.88. The van der Waals surface area contributed by atoms with Crippen molar-refractivity contribution in [2.75, 3.05) is 0 Å². The topological polar surface area (TPSA) is 94.8 Å². The molecule has 0 amide bonds. The van der Waals surface area contributed by atoms with Gasteiger partial charge in [0.1, 0.15) is 0 Å². The average molecular weight is 350 g/mol. The zero-order valence-electron chi connectivity index (χ0n) is 15.2. The van der Waals surface area contributed by atoms with Crippen LogP contribution in [0.15, 0.2) is 0 Å². The number of carboxylic acid groups (broad SMARTS) is 2. The van der Waals surface area contributed by atoms with Gasteiger partial charge in [0.05, 0.1) is 17.4 Å². The molecule has 0 radical (unpaired) electrons. The lowest BCUT2D eigenvalue weighted by molar-refractivity contribution is -0.195. The predicted octanol–water partition coefficient (Wildman–Crippen LogP) is 3.16. The fourth-order valence-corrected chi connectivity index (χ4v) is 8.11. The van der Waals surface area contributed by atoms with Crippen molar-refractivity contribution in [3.8, 4) is 0 Å². The first kappa shape index (κ1) is 17.3. The van der Waals surface area contributed by atoms with E-state index in [1.807, 2.05) is 6.92 Å². The summed E-state index contributed by atoms with van der Waals surface area (Å²) in [4.78, 5) is 23.8. The Morgan fingerprint density at radius 2 is 1.64 bits per heavy atom. The molecule has 4 fully saturated rings. The van der Waals surface area contributed by atoms with Gasteiger partial charge in [0, 0.05) is 0 Å². The second-order valence-electron chi connectivity index (χ2n) is 9.99. The smallest absolute Gasteiger partial charge is 0.309 e. The van der Waals surface area contributed by atoms with Gasteiger partial charge >= 0.3 is 11.9 Å². The Labute approximate surface area is 148 Å². The molecule has 5 nitrogen and oxygen atoms in total. The Morgan fingerprint density at radius 3 is 2.28 bits per heavy atom. The minimum absolute atomic E-state index is 0.0493. The minimum Gasteiger partial charge on any atom is -0.481 e. The molecular weight excluding hydrogens is 320 g/mol. The molecular formula is C20H30O5. The number of fused-ring (bicyclic) bond motifs is 3. The summed E-state index contributed by atoms with van der Waals surface area (Å²) < 4.78 is 0. The first-order valence-electron chi connectivity index (χ1n) is 9.77. The zero-order chi connectivity index (χ0) is 18.2. The Morgan fingerprint density at radius 1 is 0.920 bits per heavy atom. The molecule has 0 aromatic rings. The molecule has 1 spiro atoms. The number of carboxylic acids is 2. The van der Waals surface area contributed by atoms with Crippen LogP contribution < -0.4 is 0 Å². The van der Waals surface area contributed by atoms with E-state index in [4.69, 9.17) is 0 Å². The summed E-state index contributed by atoms with van der Waals surface area (Å²) in [5.41, 5.74) is -1.04. The molecule has 0 saturated heterocycles. The van der Waals surface area contributed by atoms with Gasteiger partial charge in [-0.3, -0.25) is 9.59 Å². The highest BCUT2D eigenvalue weighted by Gasteiger charge is 2.67. The molecule has 8 atom stereocenters. The van der Waals surface area contributed by atoms with Crippen molar-refractivity contribution >= 4 is 11.9 Å². The van der Waals surface area contributed by atoms with E-state index in [1.54, 1.807) is 0 Å². The molecule has 0 aromatic carbocycles. The van der Waals surface area contributed by atoms with Gasteiger partial charge in [0.2, 0.25) is 0 Å². The molecule has 4 aliphatic rings. The van der Waals surface area contributed by atoms with Crippen LogP contribution in [0.2, 0.25) is 0 Å². The van der Waals surface area contributed by atoms with Crippen LogP contribution in [0.25, 0.3) is 0 Å². The zero-order valence-corrected chi connectivity index (χ0v) is 15.2. The monoisotopic (exact) mass is 350 g/mol. The molecule has 0 aromatic heterocycles. The Balaban J connectivity index is 1.73. The highest BCUT2D eigenvalue weighted by molar-refractivity contribution is 5.75. The van der Waals surface area contributed by atoms with Crippen LogP contribution >= 0.6 is 0 Å². The normalized spacial score (nSPS) is 54.4. The third-order valence-electron chi connectivity index (χ3n) is 8.86. The predicted molar refractivity (Wildman–Crippen MR) is 90.8 cm³/mol. The van der Waals surface area contributed by atoms with Gasteiger partial charge in [0.15, 0.2) is 0 Å². The van der Waals surface area contributed by atoms with E-state index < -0.39 is 23.5 Å². The maximum absolute atomic E-state index is 12.1. The molecule has 2 bridgehead atoms. The van der Waals surface area contributed by atoms with Crippen molar-refractivity contribution in [2.24, 2.45) is 39.9 Å². The standard InChI is InChI=1S/C20H30O5/c1-18-8-12(21)9-19(2,17(24)25)14(18)5-6-20-7-11(3-4-15(18)20)13(10-20)16(22)23/h11-15,21H,3-10H2,1-2H3,(H,22,23)(H,24,25)/t11-,12+,13+,14+,15+,18-,19-,20+/m1/s1. The third-order valence-corrected chi connectivity index (χ3v) is 8.86. The van der Waals surface area contributed by atoms with Gasteiger partial charge < -0.3 is 15.3 Å². The van der Waals surface area contributed by atoms with Crippen LogP contribution in [0.3, 0.4) is 0 Å². The van der Waals surface area contributed by atoms with Crippen LogP contribution in [-0.2, 0) is 9.59 Å². The van der Waals surface area contributed by atoms with E-state index in [0.29, 0.717) is 18.8 Å². The number of carbonyl (C=O) groups is 2. The maximum Gasteiger partial charge on any atom is 0.309 e. The number of rotatable bonds is 2. The first-order valence-corrected chi connectivity index (χ1v) is 9.77. The minimum atomic E-state index is -0.879. The number of hydrogen-bond acceptors (Lipinski definition) is 3. The SMILES string of the molecule is C[C@@]12C[C@H](O)C[C@@](C)(C(=O)O)[C@H]1CC[C@@]13C[C@@H](CC[C@H]12)[C@@H](C(=O)O)C3. The lowest BCUT2D eigenvalue weighted by atomic mass is 9.40. The summed E-state index contributed by atoms with van der Waals surface area (Å²) in [7, 11) is 0. The van der Waals surface area contributed by atoms with Crippen molar-refractivity contribution in [3.05, 3.63) is 0 Å². The van der Waals surface area contributed by atoms with Gasteiger partial charge in [-0.15, -0.1) is 0 Å². The summed E-state index contributed by atoms with van der Waals surface area (Å²) in [5, 5.41) is 30.1. The van der Waals surface area contributed by atoms with Gasteiger partial charge in [-0.25, -0.2) is 0 Å². The number of hydrogen-bond donors (Lipinski definition) is 3. The molecule has 4 saturated carbocycles. The van der Waals surface area contributed by atoms with Gasteiger partial charge in [-0.1, -0.05) is 6.92 Å². The Kier molecular flexibility index (Phi) is 3.61. The second kappa shape index (κ2) is 5.21. The molecule has 4 aliphatic carbocycles. The molecule has 4 rings (SSSR count). The van der Waals surface area contributed by atoms with Crippen molar-refractivity contribution in [3.63, 3.8) is 0 Å². The molecule has 0 unspecified atom stereocenters. The largest absolute Gasteiger partial charge is 0.481 e. The van der Waals surface area contributed by atoms with Crippen LogP contribution in [-0.4, -0.2) is 33.4 Å². The van der Waals surface area contributed by atoms with E-state index in [2.05, 4.69) is 6.92 Å². The number of aliphatic hydroxyl groups excluding tert-OH is 1. The fourth-order valence-electron chi connectivity index (χ4n) is 8.11. The van der Waals surface area contributed by atoms with E-state index in [0.717, 1.165) is 38.5 Å². The summed E-state index contributed by atoms with van der Waals surface area (Å²) >= 11 is 0. The first-order chi connectivity index (χ1) is 11.6. The van der Waals surface area contributed by atoms with E-state index >= 15 is 0 Å². The van der Waals surface area contributed by atoms with Crippen LogP contribution in [0.4, 0.5) is 0 Å². The van der Waals surface area contributed by atoms with Crippen LogP contribution in [0.1, 0.15) is 65.2 Å². The van der Waals surface area contributed by atoms with Crippen molar-refractivity contribution < 1.29 is 24.9 Å². The van der Waals surface area contributed by atoms with E-state index in [-0.39, 0.29) is 28.6 Å². The Hall–Kier alpha value is -1.10. The highest BCUT2D eigenvalue weighted by Crippen LogP contribution is 2.72. The molecule has 5 heteroatoms. The maximum atomic E-state index is 12.1. The van der Waals surface area contributed by atoms with Crippen molar-refractivity contribution in [2.45, 2.75) is 71.3 Å². The fraction of sp³-hybridized carbons (Fsp3) is 0.900. The summed E-state index contributed by atoms with van der Waals surface area (Å²) in [6, 6.07) is 0. The van der Waals surface area contributed by atoms with E-state index in [1.165, 1.54) is 0 Å². The van der Waals surface area contributed by atoms with Crippen LogP contribution in [0, 0.1) is 39.9 Å². The molecule has 3 N–H and O–H groups in total. The van der Waals surface area contributed by atoms with Crippen LogP contribution in [0.5, 0.6) is 0 Å². The van der Waals surface area contributed by atoms with Gasteiger partial charge in [0.25, 0.3) is 0 Å². The second-order valence-corrected chi connectivity index (χ2v) is 9.99. The quantitative estimate of drug-likeness (QED) is 0.711. The lowest BCUT2D eigenvalue weighted by Crippen LogP contribution is -2.60. The number of aliphatic carboxylic acids is 2. The van der Waals surface area contributed by atoms with Gasteiger partial charge in [-0.2, -0.15) is 0 Å². The molecule has 0 heterocycles. The number of aliphatic hydroxyl groups is 1. The molecule has 25 heavy (non-hydrogen) atoms. The third kappa shape index (κ3) is 2.17. The highest BCUT2D eigenvalue weighted by atomic mass is 16.4. The lowest BCUT2D eigenvalue weighted by Gasteiger charge is -2.64. The van der Waals surface area contributed by atoms with Crippen molar-refractivity contribution in [1.29, 1.82) is 0 Å². The van der Waals surface area contributed by atoms with Gasteiger partial charge in [-0.05, 0) is 86.9 Å². The van der Waals surface area contributed by atoms with E-state index in [9.17, 15) is 24.9 Å². The van der Waals surface area contributed by atoms with Crippen molar-refractivity contribution in [1.82, 2.24) is 0 Å². The average Bonchev–Trinajstić information content (AvgIpc) is 2.77. The summed E-state index contributed by atoms with van der Waals surface area (Å²) in [5.74, 6) is -0.987.